The Hall–Kier alpha value is -0.940. The normalized spacial score (nSPS) is 13.4. The molecule has 0 saturated carbocycles. The van der Waals surface area contributed by atoms with E-state index in [1.54, 1.807) is 12.1 Å². The Morgan fingerprint density at radius 1 is 1.33 bits per heavy atom. The first-order valence-corrected chi connectivity index (χ1v) is 5.70. The highest BCUT2D eigenvalue weighted by Crippen LogP contribution is 2.31. The molecule has 6 heteroatoms. The Balaban J connectivity index is 2.66. The van der Waals surface area contributed by atoms with Crippen LogP contribution in [-0.4, -0.2) is 26.5 Å². The van der Waals surface area contributed by atoms with Crippen molar-refractivity contribution in [3.8, 4) is 5.75 Å². The molecule has 1 atom stereocenters. The standard InChI is InChI=1S/C12H14ClF3O2/c1-8-3-4-11(17-2)9(5-8)10(13)6-18-7-12(14,15)16/h3-5,10H,6-7H2,1-2H3. The molecule has 0 amide bonds. The summed E-state index contributed by atoms with van der Waals surface area (Å²) in [6.45, 7) is 0.342. The van der Waals surface area contributed by atoms with Gasteiger partial charge in [0, 0.05) is 5.56 Å². The van der Waals surface area contributed by atoms with Crippen LogP contribution < -0.4 is 4.74 Å². The van der Waals surface area contributed by atoms with Gasteiger partial charge in [-0.25, -0.2) is 0 Å². The summed E-state index contributed by atoms with van der Waals surface area (Å²) in [5.41, 5.74) is 1.58. The number of alkyl halides is 4. The molecule has 1 aromatic carbocycles. The molecule has 0 radical (unpaired) electrons. The Bertz CT molecular complexity index is 393. The van der Waals surface area contributed by atoms with Crippen LogP contribution in [0.25, 0.3) is 0 Å². The number of halogens is 4. The molecule has 0 aliphatic carbocycles. The van der Waals surface area contributed by atoms with Crippen LogP contribution in [0.2, 0.25) is 0 Å². The number of benzene rings is 1. The van der Waals surface area contributed by atoms with Crippen LogP contribution >= 0.6 is 11.6 Å². The van der Waals surface area contributed by atoms with E-state index >= 15 is 0 Å². The van der Waals surface area contributed by atoms with E-state index in [0.29, 0.717) is 11.3 Å². The SMILES string of the molecule is COc1ccc(C)cc1C(Cl)COCC(F)(F)F. The summed E-state index contributed by atoms with van der Waals surface area (Å²) in [7, 11) is 1.48. The van der Waals surface area contributed by atoms with Crippen LogP contribution in [0.5, 0.6) is 5.75 Å². The van der Waals surface area contributed by atoms with Crippen molar-refractivity contribution in [2.75, 3.05) is 20.3 Å². The molecule has 0 saturated heterocycles. The Morgan fingerprint density at radius 2 is 2.00 bits per heavy atom. The van der Waals surface area contributed by atoms with E-state index in [1.165, 1.54) is 7.11 Å². The monoisotopic (exact) mass is 282 g/mol. The van der Waals surface area contributed by atoms with Crippen molar-refractivity contribution in [1.82, 2.24) is 0 Å². The molecule has 2 nitrogen and oxygen atoms in total. The maximum absolute atomic E-state index is 11.9. The fourth-order valence-corrected chi connectivity index (χ4v) is 1.73. The predicted molar refractivity (Wildman–Crippen MR) is 63.2 cm³/mol. The quantitative estimate of drug-likeness (QED) is 0.764. The molecule has 0 fully saturated rings. The first-order chi connectivity index (χ1) is 8.33. The average molecular weight is 283 g/mol. The molecule has 1 rings (SSSR count). The largest absolute Gasteiger partial charge is 0.496 e. The van der Waals surface area contributed by atoms with E-state index in [-0.39, 0.29) is 6.61 Å². The van der Waals surface area contributed by atoms with Gasteiger partial charge in [0.2, 0.25) is 0 Å². The van der Waals surface area contributed by atoms with Gasteiger partial charge in [-0.3, -0.25) is 0 Å². The lowest BCUT2D eigenvalue weighted by molar-refractivity contribution is -0.173. The molecule has 102 valence electrons. The lowest BCUT2D eigenvalue weighted by Crippen LogP contribution is -2.18. The minimum absolute atomic E-state index is 0.221. The van der Waals surface area contributed by atoms with Gasteiger partial charge in [0.05, 0.1) is 19.1 Å². The zero-order valence-electron chi connectivity index (χ0n) is 10.1. The van der Waals surface area contributed by atoms with Gasteiger partial charge in [-0.05, 0) is 13.0 Å². The number of hydrogen-bond donors (Lipinski definition) is 0. The molecule has 0 heterocycles. The molecule has 0 aromatic heterocycles. The minimum Gasteiger partial charge on any atom is -0.496 e. The first-order valence-electron chi connectivity index (χ1n) is 5.26. The van der Waals surface area contributed by atoms with Crippen LogP contribution in [0.15, 0.2) is 18.2 Å². The zero-order valence-corrected chi connectivity index (χ0v) is 10.8. The van der Waals surface area contributed by atoms with Crippen molar-refractivity contribution in [3.63, 3.8) is 0 Å². The summed E-state index contributed by atoms with van der Waals surface area (Å²) in [6, 6.07) is 5.33. The van der Waals surface area contributed by atoms with E-state index in [0.717, 1.165) is 5.56 Å². The second kappa shape index (κ2) is 6.29. The van der Waals surface area contributed by atoms with E-state index in [2.05, 4.69) is 4.74 Å². The summed E-state index contributed by atoms with van der Waals surface area (Å²) in [5.74, 6) is 0.538. The predicted octanol–water partition coefficient (Wildman–Crippen LogP) is 3.86. The third kappa shape index (κ3) is 4.74. The maximum Gasteiger partial charge on any atom is 0.411 e. The van der Waals surface area contributed by atoms with Gasteiger partial charge < -0.3 is 9.47 Å². The molecule has 0 aliphatic heterocycles. The smallest absolute Gasteiger partial charge is 0.411 e. The fraction of sp³-hybridized carbons (Fsp3) is 0.500. The second-order valence-corrected chi connectivity index (χ2v) is 4.37. The van der Waals surface area contributed by atoms with Crippen LogP contribution in [-0.2, 0) is 4.74 Å². The Labute approximate surface area is 109 Å². The van der Waals surface area contributed by atoms with Crippen LogP contribution in [0.3, 0.4) is 0 Å². The van der Waals surface area contributed by atoms with Gasteiger partial charge in [-0.2, -0.15) is 13.2 Å². The highest BCUT2D eigenvalue weighted by Gasteiger charge is 2.28. The van der Waals surface area contributed by atoms with Crippen molar-refractivity contribution >= 4 is 11.6 Å². The van der Waals surface area contributed by atoms with Gasteiger partial charge in [-0.15, -0.1) is 11.6 Å². The number of rotatable bonds is 5. The number of aryl methyl sites for hydroxylation is 1. The lowest BCUT2D eigenvalue weighted by Gasteiger charge is -2.15. The van der Waals surface area contributed by atoms with E-state index < -0.39 is 18.2 Å². The summed E-state index contributed by atoms with van der Waals surface area (Å²) >= 11 is 6.02. The van der Waals surface area contributed by atoms with Crippen molar-refractivity contribution in [2.45, 2.75) is 18.5 Å². The van der Waals surface area contributed by atoms with Crippen molar-refractivity contribution in [1.29, 1.82) is 0 Å². The summed E-state index contributed by atoms with van der Waals surface area (Å²) in [4.78, 5) is 0. The summed E-state index contributed by atoms with van der Waals surface area (Å²) in [5, 5.41) is -0.679. The molecule has 0 N–H and O–H groups in total. The minimum atomic E-state index is -4.34. The first kappa shape index (κ1) is 15.1. The summed E-state index contributed by atoms with van der Waals surface area (Å²) < 4.78 is 45.4. The highest BCUT2D eigenvalue weighted by molar-refractivity contribution is 6.21. The fourth-order valence-electron chi connectivity index (χ4n) is 1.47. The second-order valence-electron chi connectivity index (χ2n) is 3.84. The molecule has 1 aromatic rings. The molecule has 0 bridgehead atoms. The van der Waals surface area contributed by atoms with E-state index in [1.807, 2.05) is 13.0 Å². The van der Waals surface area contributed by atoms with Gasteiger partial charge in [-0.1, -0.05) is 17.7 Å². The van der Waals surface area contributed by atoms with Gasteiger partial charge >= 0.3 is 6.18 Å². The van der Waals surface area contributed by atoms with Crippen molar-refractivity contribution in [2.24, 2.45) is 0 Å². The van der Waals surface area contributed by atoms with Gasteiger partial charge in [0.25, 0.3) is 0 Å². The van der Waals surface area contributed by atoms with Gasteiger partial charge in [0.1, 0.15) is 12.4 Å². The van der Waals surface area contributed by atoms with E-state index in [4.69, 9.17) is 16.3 Å². The molecular weight excluding hydrogens is 269 g/mol. The summed E-state index contributed by atoms with van der Waals surface area (Å²) in [6.07, 6.45) is -4.34. The lowest BCUT2D eigenvalue weighted by atomic mass is 10.1. The van der Waals surface area contributed by atoms with E-state index in [9.17, 15) is 13.2 Å². The van der Waals surface area contributed by atoms with Crippen LogP contribution in [0.1, 0.15) is 16.5 Å². The highest BCUT2D eigenvalue weighted by atomic mass is 35.5. The maximum atomic E-state index is 11.9. The van der Waals surface area contributed by atoms with Crippen molar-refractivity contribution in [3.05, 3.63) is 29.3 Å². The third-order valence-corrected chi connectivity index (χ3v) is 2.61. The molecule has 0 aliphatic rings. The molecule has 0 spiro atoms. The Morgan fingerprint density at radius 3 is 2.56 bits per heavy atom. The third-order valence-electron chi connectivity index (χ3n) is 2.25. The Kier molecular flexibility index (Phi) is 5.28. The zero-order chi connectivity index (χ0) is 13.8. The van der Waals surface area contributed by atoms with Gasteiger partial charge in [0.15, 0.2) is 0 Å². The molecule has 18 heavy (non-hydrogen) atoms. The molecular formula is C12H14ClF3O2. The number of methoxy groups -OCH3 is 1. The molecule has 1 unspecified atom stereocenters. The van der Waals surface area contributed by atoms with Crippen LogP contribution in [0.4, 0.5) is 13.2 Å². The van der Waals surface area contributed by atoms with Crippen molar-refractivity contribution < 1.29 is 22.6 Å². The number of ether oxygens (including phenoxy) is 2. The van der Waals surface area contributed by atoms with Crippen LogP contribution in [0, 0.1) is 6.92 Å². The topological polar surface area (TPSA) is 18.5 Å². The average Bonchev–Trinajstić information content (AvgIpc) is 2.27. The number of hydrogen-bond acceptors (Lipinski definition) is 2.